The Morgan fingerprint density at radius 2 is 2.04 bits per heavy atom. The molecule has 0 spiro atoms. The minimum absolute atomic E-state index is 0.135. The van der Waals surface area contributed by atoms with Gasteiger partial charge in [-0.3, -0.25) is 0 Å². The van der Waals surface area contributed by atoms with Crippen molar-refractivity contribution in [3.05, 3.63) is 53.9 Å². The van der Waals surface area contributed by atoms with Crippen molar-refractivity contribution in [1.82, 2.24) is 25.5 Å². The SMILES string of the molecule is Cc1ccc2cc([C@@H]([C@H]3CCCNC3)n3ncnn3)ccc2c1. The van der Waals surface area contributed by atoms with Gasteiger partial charge in [0.1, 0.15) is 6.04 Å². The fraction of sp³-hybridized carbons (Fsp3) is 0.389. The lowest BCUT2D eigenvalue weighted by molar-refractivity contribution is 0.261. The Morgan fingerprint density at radius 3 is 2.83 bits per heavy atom. The van der Waals surface area contributed by atoms with E-state index in [9.17, 15) is 0 Å². The molecule has 2 aromatic carbocycles. The molecular formula is C18H21N5. The van der Waals surface area contributed by atoms with Gasteiger partial charge < -0.3 is 5.32 Å². The maximum absolute atomic E-state index is 4.33. The van der Waals surface area contributed by atoms with E-state index in [-0.39, 0.29) is 6.04 Å². The highest BCUT2D eigenvalue weighted by Crippen LogP contribution is 2.31. The Kier molecular flexibility index (Phi) is 3.79. The van der Waals surface area contributed by atoms with Crippen molar-refractivity contribution in [2.75, 3.05) is 13.1 Å². The zero-order valence-electron chi connectivity index (χ0n) is 13.3. The summed E-state index contributed by atoms with van der Waals surface area (Å²) < 4.78 is 0. The number of nitrogens with zero attached hydrogens (tertiary/aromatic N) is 4. The van der Waals surface area contributed by atoms with Crippen LogP contribution in [0.25, 0.3) is 10.8 Å². The number of fused-ring (bicyclic) bond motifs is 1. The maximum atomic E-state index is 4.33. The number of hydrogen-bond donors (Lipinski definition) is 1. The molecule has 1 N–H and O–H groups in total. The van der Waals surface area contributed by atoms with Crippen molar-refractivity contribution >= 4 is 10.8 Å². The van der Waals surface area contributed by atoms with E-state index in [4.69, 9.17) is 0 Å². The molecule has 5 heteroatoms. The first-order chi connectivity index (χ1) is 11.3. The van der Waals surface area contributed by atoms with Crippen LogP contribution in [0.4, 0.5) is 0 Å². The highest BCUT2D eigenvalue weighted by atomic mass is 15.6. The third-order valence-corrected chi connectivity index (χ3v) is 4.76. The summed E-state index contributed by atoms with van der Waals surface area (Å²) in [4.78, 5) is 1.77. The van der Waals surface area contributed by atoms with Crippen molar-refractivity contribution in [3.8, 4) is 0 Å². The van der Waals surface area contributed by atoms with Crippen LogP contribution in [-0.2, 0) is 0 Å². The summed E-state index contributed by atoms with van der Waals surface area (Å²) in [6.45, 7) is 4.23. The number of tetrazole rings is 1. The second-order valence-corrected chi connectivity index (χ2v) is 6.42. The predicted octanol–water partition coefficient (Wildman–Crippen LogP) is 2.72. The standard InChI is InChI=1S/C18H21N5/c1-13-4-5-15-10-16(7-6-14(15)9-13)18(23-21-12-20-22-23)17-3-2-8-19-11-17/h4-7,9-10,12,17-19H,2-3,8,11H2,1H3/t17-,18-/m0/s1. The summed E-state index contributed by atoms with van der Waals surface area (Å²) in [6.07, 6.45) is 3.90. The summed E-state index contributed by atoms with van der Waals surface area (Å²) in [7, 11) is 0. The molecular weight excluding hydrogens is 286 g/mol. The molecule has 0 unspecified atom stereocenters. The van der Waals surface area contributed by atoms with Gasteiger partial charge in [0.2, 0.25) is 0 Å². The Hall–Kier alpha value is -2.27. The molecule has 23 heavy (non-hydrogen) atoms. The summed E-state index contributed by atoms with van der Waals surface area (Å²) in [6, 6.07) is 13.4. The molecule has 2 heterocycles. The molecule has 118 valence electrons. The minimum atomic E-state index is 0.135. The first kappa shape index (κ1) is 14.3. The Balaban J connectivity index is 1.77. The van der Waals surface area contributed by atoms with Crippen LogP contribution < -0.4 is 5.32 Å². The number of aryl methyl sites for hydroxylation is 1. The van der Waals surface area contributed by atoms with Crippen LogP contribution in [0.3, 0.4) is 0 Å². The van der Waals surface area contributed by atoms with Gasteiger partial charge in [0.15, 0.2) is 6.33 Å². The van der Waals surface area contributed by atoms with E-state index in [0.29, 0.717) is 5.92 Å². The van der Waals surface area contributed by atoms with Gasteiger partial charge in [0.25, 0.3) is 0 Å². The van der Waals surface area contributed by atoms with E-state index in [1.165, 1.54) is 41.1 Å². The van der Waals surface area contributed by atoms with Crippen molar-refractivity contribution < 1.29 is 0 Å². The number of rotatable bonds is 3. The molecule has 1 saturated heterocycles. The van der Waals surface area contributed by atoms with Crippen LogP contribution in [-0.4, -0.2) is 33.3 Å². The number of benzene rings is 2. The van der Waals surface area contributed by atoms with E-state index >= 15 is 0 Å². The lowest BCUT2D eigenvalue weighted by Gasteiger charge is -2.30. The molecule has 0 amide bonds. The van der Waals surface area contributed by atoms with Gasteiger partial charge in [0.05, 0.1) is 0 Å². The third-order valence-electron chi connectivity index (χ3n) is 4.76. The van der Waals surface area contributed by atoms with Crippen LogP contribution in [0, 0.1) is 12.8 Å². The second-order valence-electron chi connectivity index (χ2n) is 6.42. The van der Waals surface area contributed by atoms with Crippen molar-refractivity contribution in [1.29, 1.82) is 0 Å². The van der Waals surface area contributed by atoms with Gasteiger partial charge in [-0.1, -0.05) is 35.9 Å². The van der Waals surface area contributed by atoms with Crippen molar-refractivity contribution in [2.45, 2.75) is 25.8 Å². The molecule has 1 aliphatic heterocycles. The first-order valence-electron chi connectivity index (χ1n) is 8.25. The molecule has 4 rings (SSSR count). The second kappa shape index (κ2) is 6.08. The minimum Gasteiger partial charge on any atom is -0.316 e. The summed E-state index contributed by atoms with van der Waals surface area (Å²) in [5.74, 6) is 0.487. The third kappa shape index (κ3) is 2.84. The molecule has 0 bridgehead atoms. The van der Waals surface area contributed by atoms with Gasteiger partial charge in [-0.25, -0.2) is 0 Å². The van der Waals surface area contributed by atoms with E-state index in [1.807, 2.05) is 0 Å². The number of hydrogen-bond acceptors (Lipinski definition) is 4. The number of piperidine rings is 1. The highest BCUT2D eigenvalue weighted by molar-refractivity contribution is 5.83. The molecule has 2 atom stereocenters. The average molecular weight is 307 g/mol. The Labute approximate surface area is 135 Å². The number of aromatic nitrogens is 4. The molecule has 0 radical (unpaired) electrons. The lowest BCUT2D eigenvalue weighted by Crippen LogP contribution is -2.36. The molecule has 3 aromatic rings. The maximum Gasteiger partial charge on any atom is 0.162 e. The summed E-state index contributed by atoms with van der Waals surface area (Å²) >= 11 is 0. The molecule has 0 saturated carbocycles. The van der Waals surface area contributed by atoms with E-state index in [0.717, 1.165) is 13.1 Å². The van der Waals surface area contributed by atoms with E-state index in [1.54, 1.807) is 4.80 Å². The monoisotopic (exact) mass is 307 g/mol. The van der Waals surface area contributed by atoms with Crippen LogP contribution in [0.15, 0.2) is 42.7 Å². The number of nitrogens with one attached hydrogen (secondary N) is 1. The van der Waals surface area contributed by atoms with Gasteiger partial charge in [0, 0.05) is 6.54 Å². The molecule has 1 aliphatic rings. The molecule has 1 aromatic heterocycles. The fourth-order valence-corrected chi connectivity index (χ4v) is 3.61. The largest absolute Gasteiger partial charge is 0.316 e. The Bertz CT molecular complexity index is 790. The summed E-state index contributed by atoms with van der Waals surface area (Å²) in [5.41, 5.74) is 2.55. The normalized spacial score (nSPS) is 19.8. The first-order valence-corrected chi connectivity index (χ1v) is 8.25. The predicted molar refractivity (Wildman–Crippen MR) is 90.2 cm³/mol. The van der Waals surface area contributed by atoms with Crippen LogP contribution in [0.5, 0.6) is 0 Å². The van der Waals surface area contributed by atoms with Crippen LogP contribution >= 0.6 is 0 Å². The van der Waals surface area contributed by atoms with Gasteiger partial charge in [-0.2, -0.15) is 4.80 Å². The van der Waals surface area contributed by atoms with Crippen molar-refractivity contribution in [2.24, 2.45) is 5.92 Å². The molecule has 1 fully saturated rings. The van der Waals surface area contributed by atoms with Gasteiger partial charge in [-0.05, 0) is 59.8 Å². The van der Waals surface area contributed by atoms with E-state index < -0.39 is 0 Å². The van der Waals surface area contributed by atoms with Crippen LogP contribution in [0.1, 0.15) is 30.0 Å². The fourth-order valence-electron chi connectivity index (χ4n) is 3.61. The van der Waals surface area contributed by atoms with E-state index in [2.05, 4.69) is 64.0 Å². The average Bonchev–Trinajstić information content (AvgIpc) is 3.10. The zero-order chi connectivity index (χ0) is 15.6. The lowest BCUT2D eigenvalue weighted by atomic mass is 9.86. The quantitative estimate of drug-likeness (QED) is 0.808. The zero-order valence-corrected chi connectivity index (χ0v) is 13.3. The molecule has 5 nitrogen and oxygen atoms in total. The topological polar surface area (TPSA) is 55.6 Å². The Morgan fingerprint density at radius 1 is 1.17 bits per heavy atom. The highest BCUT2D eigenvalue weighted by Gasteiger charge is 2.28. The summed E-state index contributed by atoms with van der Waals surface area (Å²) in [5, 5.41) is 18.5. The van der Waals surface area contributed by atoms with Gasteiger partial charge in [-0.15, -0.1) is 10.2 Å². The van der Waals surface area contributed by atoms with Crippen LogP contribution in [0.2, 0.25) is 0 Å². The smallest absolute Gasteiger partial charge is 0.162 e. The molecule has 0 aliphatic carbocycles. The van der Waals surface area contributed by atoms with Crippen molar-refractivity contribution in [3.63, 3.8) is 0 Å². The van der Waals surface area contributed by atoms with Gasteiger partial charge >= 0.3 is 0 Å².